The highest BCUT2D eigenvalue weighted by molar-refractivity contribution is 5.15. The third-order valence-electron chi connectivity index (χ3n) is 5.21. The van der Waals surface area contributed by atoms with E-state index >= 15 is 0 Å². The van der Waals surface area contributed by atoms with Crippen LogP contribution in [-0.4, -0.2) is 27.8 Å². The smallest absolute Gasteiger partial charge is 0.155 e. The quantitative estimate of drug-likeness (QED) is 0.215. The van der Waals surface area contributed by atoms with Crippen LogP contribution in [0.15, 0.2) is 30.3 Å². The summed E-state index contributed by atoms with van der Waals surface area (Å²) in [5.74, 6) is 0. The zero-order chi connectivity index (χ0) is 18.4. The zero-order valence-electron chi connectivity index (χ0n) is 16.5. The maximum Gasteiger partial charge on any atom is 0.155 e. The van der Waals surface area contributed by atoms with Gasteiger partial charge in [-0.25, -0.2) is 0 Å². The molecule has 0 aliphatic rings. The average molecular weight is 351 g/mol. The first-order chi connectivity index (χ1) is 12.1. The lowest BCUT2D eigenvalue weighted by atomic mass is 10.0. The van der Waals surface area contributed by atoms with Crippen molar-refractivity contribution in [3.8, 4) is 0 Å². The van der Waals surface area contributed by atoms with Crippen molar-refractivity contribution in [3.05, 3.63) is 35.9 Å². The Morgan fingerprint density at radius 1 is 0.760 bits per heavy atom. The van der Waals surface area contributed by atoms with E-state index in [1.54, 1.807) is 0 Å². The molecule has 144 valence electrons. The number of hydrogen-bond acceptors (Lipinski definition) is 2. The van der Waals surface area contributed by atoms with E-state index in [9.17, 15) is 10.4 Å². The molecule has 0 spiro atoms. The van der Waals surface area contributed by atoms with Gasteiger partial charge in [0.1, 0.15) is 6.54 Å². The third kappa shape index (κ3) is 9.98. The largest absolute Gasteiger partial charge is 0.182 e. The summed E-state index contributed by atoms with van der Waals surface area (Å²) in [6.07, 6.45) is 14.1. The van der Waals surface area contributed by atoms with Gasteiger partial charge < -0.3 is 0 Å². The Labute approximate surface area is 155 Å². The van der Waals surface area contributed by atoms with Gasteiger partial charge in [0.15, 0.2) is 6.04 Å². The van der Waals surface area contributed by atoms with E-state index in [4.69, 9.17) is 0 Å². The maximum absolute atomic E-state index is 10.5. The third-order valence-corrected chi connectivity index (χ3v) is 5.21. The highest BCUT2D eigenvalue weighted by atomic mass is 16.8. The Balaban J connectivity index is 2.16. The lowest BCUT2D eigenvalue weighted by Gasteiger charge is -2.29. The summed E-state index contributed by atoms with van der Waals surface area (Å²) < 4.78 is 0. The molecule has 0 saturated heterocycles. The molecule has 0 fully saturated rings. The molecule has 1 aromatic carbocycles. The van der Waals surface area contributed by atoms with Gasteiger partial charge in [-0.3, -0.25) is 0 Å². The van der Waals surface area contributed by atoms with E-state index in [2.05, 4.69) is 19.1 Å². The predicted octanol–water partition coefficient (Wildman–Crippen LogP) is 6.52. The summed E-state index contributed by atoms with van der Waals surface area (Å²) in [6.45, 7) is 4.72. The van der Waals surface area contributed by atoms with Gasteiger partial charge >= 0.3 is 0 Å². The zero-order valence-corrected chi connectivity index (χ0v) is 16.5. The first-order valence-corrected chi connectivity index (χ1v) is 10.5. The molecule has 3 nitrogen and oxygen atoms in total. The Kier molecular flexibility index (Phi) is 11.8. The number of rotatable bonds is 15. The highest BCUT2D eigenvalue weighted by Crippen LogP contribution is 2.18. The fourth-order valence-corrected chi connectivity index (χ4v) is 3.48. The summed E-state index contributed by atoms with van der Waals surface area (Å²) >= 11 is 0. The van der Waals surface area contributed by atoms with Crippen LogP contribution in [-0.2, 0) is 6.42 Å². The van der Waals surface area contributed by atoms with Gasteiger partial charge in [0.2, 0.25) is 0 Å². The molecule has 25 heavy (non-hydrogen) atoms. The Bertz CT molecular complexity index is 419. The van der Waals surface area contributed by atoms with Crippen LogP contribution >= 0.6 is 0 Å². The minimum Gasteiger partial charge on any atom is -0.182 e. The van der Waals surface area contributed by atoms with Crippen molar-refractivity contribution in [2.75, 3.05) is 6.54 Å². The van der Waals surface area contributed by atoms with E-state index in [0.29, 0.717) is 13.0 Å². The molecule has 0 aliphatic carbocycles. The second-order valence-electron chi connectivity index (χ2n) is 7.44. The highest BCUT2D eigenvalue weighted by Gasteiger charge is 2.33. The van der Waals surface area contributed by atoms with Crippen LogP contribution in [0.3, 0.4) is 0 Å². The summed E-state index contributed by atoms with van der Waals surface area (Å²) in [4.78, 5) is -0.831. The van der Waals surface area contributed by atoms with Crippen molar-refractivity contribution in [3.63, 3.8) is 0 Å². The topological polar surface area (TPSA) is 40.5 Å². The SMILES string of the molecule is CCCCCCCCCCCC[N+](O)(O)C(CC)Cc1ccccc1. The molecule has 0 saturated carbocycles. The summed E-state index contributed by atoms with van der Waals surface area (Å²) in [5.41, 5.74) is 1.17. The predicted molar refractivity (Wildman–Crippen MR) is 105 cm³/mol. The number of benzene rings is 1. The van der Waals surface area contributed by atoms with Gasteiger partial charge in [0.05, 0.1) is 0 Å². The average Bonchev–Trinajstić information content (AvgIpc) is 2.62. The van der Waals surface area contributed by atoms with Gasteiger partial charge in [-0.2, -0.15) is 10.4 Å². The van der Waals surface area contributed by atoms with Crippen molar-refractivity contribution < 1.29 is 15.2 Å². The molecule has 3 heteroatoms. The van der Waals surface area contributed by atoms with E-state index in [1.165, 1.54) is 56.9 Å². The molecule has 0 aliphatic heterocycles. The molecule has 1 rings (SSSR count). The molecule has 0 aromatic heterocycles. The van der Waals surface area contributed by atoms with E-state index in [-0.39, 0.29) is 6.04 Å². The number of quaternary nitrogens is 1. The van der Waals surface area contributed by atoms with Gasteiger partial charge in [0.25, 0.3) is 0 Å². The second kappa shape index (κ2) is 13.3. The van der Waals surface area contributed by atoms with Crippen LogP contribution < -0.4 is 0 Å². The fourth-order valence-electron chi connectivity index (χ4n) is 3.48. The fraction of sp³-hybridized carbons (Fsp3) is 0.727. The molecule has 2 N–H and O–H groups in total. The van der Waals surface area contributed by atoms with Gasteiger partial charge in [-0.1, -0.05) is 95.5 Å². The molecule has 1 atom stereocenters. The van der Waals surface area contributed by atoms with Crippen LogP contribution in [0.4, 0.5) is 0 Å². The van der Waals surface area contributed by atoms with Crippen LogP contribution in [0.1, 0.15) is 90.0 Å². The van der Waals surface area contributed by atoms with Gasteiger partial charge in [0, 0.05) is 19.3 Å². The van der Waals surface area contributed by atoms with E-state index in [0.717, 1.165) is 19.3 Å². The molecule has 0 heterocycles. The van der Waals surface area contributed by atoms with Crippen LogP contribution in [0, 0.1) is 0 Å². The molecule has 0 radical (unpaired) electrons. The minimum atomic E-state index is -0.831. The van der Waals surface area contributed by atoms with Crippen molar-refractivity contribution in [1.82, 2.24) is 0 Å². The minimum absolute atomic E-state index is 0.152. The molecule has 1 unspecified atom stereocenters. The molecule has 1 aromatic rings. The van der Waals surface area contributed by atoms with Crippen LogP contribution in [0.25, 0.3) is 0 Å². The second-order valence-corrected chi connectivity index (χ2v) is 7.44. The van der Waals surface area contributed by atoms with Crippen molar-refractivity contribution in [2.45, 2.75) is 96.9 Å². The van der Waals surface area contributed by atoms with Crippen LogP contribution in [0.5, 0.6) is 0 Å². The summed E-state index contributed by atoms with van der Waals surface area (Å²) in [6, 6.07) is 9.98. The first kappa shape index (κ1) is 22.1. The van der Waals surface area contributed by atoms with Crippen molar-refractivity contribution >= 4 is 0 Å². The normalized spacial score (nSPS) is 13.1. The maximum atomic E-state index is 10.5. The number of nitrogens with zero attached hydrogens (tertiary/aromatic N) is 1. The molecular formula is C22H40NO2+. The molecule has 0 bridgehead atoms. The van der Waals surface area contributed by atoms with E-state index in [1.807, 2.05) is 25.1 Å². The summed E-state index contributed by atoms with van der Waals surface area (Å²) in [5, 5.41) is 20.9. The Hall–Kier alpha value is -0.900. The standard InChI is InChI=1S/C22H40NO2/c1-3-5-6-7-8-9-10-11-12-16-19-23(24,25)22(4-2)20-21-17-14-13-15-18-21/h13-15,17-18,22,24-25H,3-12,16,19-20H2,1-2H3/q+1. The number of hydroxylamine groups is 4. The van der Waals surface area contributed by atoms with Gasteiger partial charge in [-0.15, -0.1) is 0 Å². The monoisotopic (exact) mass is 350 g/mol. The first-order valence-electron chi connectivity index (χ1n) is 10.5. The van der Waals surface area contributed by atoms with Gasteiger partial charge in [-0.05, 0) is 16.8 Å². The lowest BCUT2D eigenvalue weighted by molar-refractivity contribution is -1.26. The Morgan fingerprint density at radius 3 is 1.80 bits per heavy atom. The number of hydrogen-bond donors (Lipinski definition) is 2. The molecular weight excluding hydrogens is 310 g/mol. The summed E-state index contributed by atoms with van der Waals surface area (Å²) in [7, 11) is 0. The van der Waals surface area contributed by atoms with E-state index < -0.39 is 4.81 Å². The Morgan fingerprint density at radius 2 is 1.28 bits per heavy atom. The van der Waals surface area contributed by atoms with Crippen molar-refractivity contribution in [2.24, 2.45) is 0 Å². The van der Waals surface area contributed by atoms with Crippen LogP contribution in [0.2, 0.25) is 0 Å². The number of unbranched alkanes of at least 4 members (excludes halogenated alkanes) is 9. The van der Waals surface area contributed by atoms with Crippen molar-refractivity contribution in [1.29, 1.82) is 0 Å². The lowest BCUT2D eigenvalue weighted by Crippen LogP contribution is -2.51. The molecule has 0 amide bonds.